The zero-order valence-electron chi connectivity index (χ0n) is 25.5. The molecule has 0 aliphatic rings. The molecule has 220 valence electrons. The van der Waals surface area contributed by atoms with Gasteiger partial charge in [0.1, 0.15) is 5.69 Å². The van der Waals surface area contributed by atoms with Gasteiger partial charge in [-0.05, 0) is 47.9 Å². The molecule has 0 N–H and O–H groups in total. The van der Waals surface area contributed by atoms with Crippen LogP contribution in [0, 0.1) is 11.3 Å². The van der Waals surface area contributed by atoms with Gasteiger partial charge in [-0.15, -0.1) is 0 Å². The third kappa shape index (κ3) is 3.18. The van der Waals surface area contributed by atoms with Gasteiger partial charge in [0.25, 0.3) is 0 Å². The van der Waals surface area contributed by atoms with E-state index in [0.29, 0.717) is 5.56 Å². The fourth-order valence-electron chi connectivity index (χ4n) is 8.05. The first-order chi connectivity index (χ1) is 23.8. The topological polar surface area (TPSA) is 58.9 Å². The van der Waals surface area contributed by atoms with E-state index in [1.807, 2.05) is 48.5 Å². The van der Waals surface area contributed by atoms with Gasteiger partial charge >= 0.3 is 0 Å². The Kier molecular flexibility index (Phi) is 4.85. The lowest BCUT2D eigenvalue weighted by Gasteiger charge is -2.14. The SMILES string of the molecule is N#Cc1cccc(-c2nc3ccccc3nc2-n2c3ccccc3c3cc4c5ccccc5n5c6c7ccccc7ccc6c(c32)c45)c1. The van der Waals surface area contributed by atoms with Crippen molar-refractivity contribution < 1.29 is 0 Å². The molecule has 0 aliphatic heterocycles. The zero-order chi connectivity index (χ0) is 31.5. The quantitative estimate of drug-likeness (QED) is 0.196. The summed E-state index contributed by atoms with van der Waals surface area (Å²) in [6.07, 6.45) is 0. The summed E-state index contributed by atoms with van der Waals surface area (Å²) in [6, 6.07) is 51.0. The molecule has 11 aromatic rings. The van der Waals surface area contributed by atoms with Crippen LogP contribution in [0.3, 0.4) is 0 Å². The molecule has 0 unspecified atom stereocenters. The number of rotatable bonds is 2. The van der Waals surface area contributed by atoms with Crippen LogP contribution in [0.15, 0.2) is 140 Å². The fourth-order valence-corrected chi connectivity index (χ4v) is 8.05. The van der Waals surface area contributed by atoms with Gasteiger partial charge < -0.3 is 4.40 Å². The second kappa shape index (κ2) is 9.16. The minimum Gasteiger partial charge on any atom is -0.307 e. The van der Waals surface area contributed by atoms with Gasteiger partial charge in [-0.1, -0.05) is 97.1 Å². The monoisotopic (exact) mass is 609 g/mol. The molecule has 0 radical (unpaired) electrons. The van der Waals surface area contributed by atoms with Crippen LogP contribution < -0.4 is 0 Å². The maximum absolute atomic E-state index is 9.83. The minimum absolute atomic E-state index is 0.585. The van der Waals surface area contributed by atoms with E-state index in [9.17, 15) is 5.26 Å². The Morgan fingerprint density at radius 3 is 2.02 bits per heavy atom. The third-order valence-corrected chi connectivity index (χ3v) is 10.0. The van der Waals surface area contributed by atoms with Crippen LogP contribution in [-0.4, -0.2) is 18.9 Å². The molecule has 0 saturated carbocycles. The van der Waals surface area contributed by atoms with Crippen LogP contribution in [0.2, 0.25) is 0 Å². The molecule has 7 aromatic carbocycles. The number of para-hydroxylation sites is 4. The van der Waals surface area contributed by atoms with Gasteiger partial charge in [0.05, 0.1) is 50.2 Å². The maximum atomic E-state index is 9.83. The van der Waals surface area contributed by atoms with Crippen molar-refractivity contribution in [1.29, 1.82) is 5.26 Å². The molecule has 0 spiro atoms. The Labute approximate surface area is 273 Å². The Bertz CT molecular complexity index is 3190. The standard InChI is InChI=1S/C43H23N5/c44-24-25-10-9-12-27(22-25)39-43(46-35-17-6-5-16-34(35)45-39)48-37-19-8-4-15-30(37)33-23-32-29-14-3-7-18-36(29)47-40-28-13-2-1-11-26(28)20-21-31(40)38(41(32)47)42(33)48/h1-23H. The Morgan fingerprint density at radius 2 is 1.19 bits per heavy atom. The number of aromatic nitrogens is 4. The molecule has 0 atom stereocenters. The summed E-state index contributed by atoms with van der Waals surface area (Å²) in [5.74, 6) is 0.738. The maximum Gasteiger partial charge on any atom is 0.165 e. The molecule has 4 aromatic heterocycles. The molecule has 48 heavy (non-hydrogen) atoms. The zero-order valence-corrected chi connectivity index (χ0v) is 25.5. The Morgan fingerprint density at radius 1 is 0.500 bits per heavy atom. The predicted molar refractivity (Wildman–Crippen MR) is 196 cm³/mol. The largest absolute Gasteiger partial charge is 0.307 e. The van der Waals surface area contributed by atoms with E-state index in [1.165, 1.54) is 54.3 Å². The Balaban J connectivity index is 1.43. The van der Waals surface area contributed by atoms with Gasteiger partial charge in [0.15, 0.2) is 5.82 Å². The van der Waals surface area contributed by atoms with Gasteiger partial charge in [0.2, 0.25) is 0 Å². The average molecular weight is 610 g/mol. The smallest absolute Gasteiger partial charge is 0.165 e. The molecular weight excluding hydrogens is 587 g/mol. The number of hydrogen-bond donors (Lipinski definition) is 0. The van der Waals surface area contributed by atoms with Crippen molar-refractivity contribution in [2.24, 2.45) is 0 Å². The summed E-state index contributed by atoms with van der Waals surface area (Å²) in [6.45, 7) is 0. The third-order valence-electron chi connectivity index (χ3n) is 10.0. The normalized spacial score (nSPS) is 12.1. The van der Waals surface area contributed by atoms with Crippen LogP contribution in [-0.2, 0) is 0 Å². The van der Waals surface area contributed by atoms with E-state index < -0.39 is 0 Å². The summed E-state index contributed by atoms with van der Waals surface area (Å²) in [5.41, 5.74) is 9.58. The van der Waals surface area contributed by atoms with Crippen LogP contribution in [0.4, 0.5) is 0 Å². The highest BCUT2D eigenvalue weighted by Gasteiger charge is 2.27. The molecule has 4 heterocycles. The second-order valence-corrected chi connectivity index (χ2v) is 12.5. The molecule has 0 amide bonds. The molecule has 0 fully saturated rings. The fraction of sp³-hybridized carbons (Fsp3) is 0. The van der Waals surface area contributed by atoms with E-state index in [0.717, 1.165) is 44.5 Å². The summed E-state index contributed by atoms with van der Waals surface area (Å²) < 4.78 is 4.79. The predicted octanol–water partition coefficient (Wildman–Crippen LogP) is 10.6. The highest BCUT2D eigenvalue weighted by Crippen LogP contribution is 2.48. The lowest BCUT2D eigenvalue weighted by Crippen LogP contribution is -2.04. The first-order valence-corrected chi connectivity index (χ1v) is 16.1. The van der Waals surface area contributed by atoms with Crippen LogP contribution in [0.5, 0.6) is 0 Å². The van der Waals surface area contributed by atoms with Crippen molar-refractivity contribution in [3.8, 4) is 23.1 Å². The lowest BCUT2D eigenvalue weighted by atomic mass is 10.0. The van der Waals surface area contributed by atoms with Gasteiger partial charge in [-0.3, -0.25) is 4.57 Å². The van der Waals surface area contributed by atoms with E-state index >= 15 is 0 Å². The van der Waals surface area contributed by atoms with E-state index in [1.54, 1.807) is 0 Å². The second-order valence-electron chi connectivity index (χ2n) is 12.5. The summed E-state index contributed by atoms with van der Waals surface area (Å²) >= 11 is 0. The highest BCUT2D eigenvalue weighted by atomic mass is 15.1. The summed E-state index contributed by atoms with van der Waals surface area (Å²) in [4.78, 5) is 10.6. The summed E-state index contributed by atoms with van der Waals surface area (Å²) in [7, 11) is 0. The van der Waals surface area contributed by atoms with Crippen molar-refractivity contribution in [2.45, 2.75) is 0 Å². The van der Waals surface area contributed by atoms with E-state index in [4.69, 9.17) is 9.97 Å². The molecule has 11 rings (SSSR count). The lowest BCUT2D eigenvalue weighted by molar-refractivity contribution is 1.08. The number of hydrogen-bond acceptors (Lipinski definition) is 3. The number of nitriles is 1. The summed E-state index contributed by atoms with van der Waals surface area (Å²) in [5, 5.41) is 19.5. The van der Waals surface area contributed by atoms with Crippen molar-refractivity contribution >= 4 is 81.7 Å². The van der Waals surface area contributed by atoms with Gasteiger partial charge in [-0.25, -0.2) is 9.97 Å². The van der Waals surface area contributed by atoms with Crippen molar-refractivity contribution in [1.82, 2.24) is 18.9 Å². The number of nitrogens with zero attached hydrogens (tertiary/aromatic N) is 5. The van der Waals surface area contributed by atoms with Crippen molar-refractivity contribution in [2.75, 3.05) is 0 Å². The molecule has 0 saturated heterocycles. The number of benzene rings is 7. The first-order valence-electron chi connectivity index (χ1n) is 16.1. The molecule has 0 bridgehead atoms. The van der Waals surface area contributed by atoms with E-state index in [-0.39, 0.29) is 0 Å². The van der Waals surface area contributed by atoms with Gasteiger partial charge in [0, 0.05) is 43.3 Å². The van der Waals surface area contributed by atoms with E-state index in [2.05, 4.69) is 106 Å². The van der Waals surface area contributed by atoms with Crippen LogP contribution in [0.1, 0.15) is 5.56 Å². The van der Waals surface area contributed by atoms with Crippen LogP contribution in [0.25, 0.3) is 98.8 Å². The Hall–Kier alpha value is -6.77. The molecular formula is C43H23N5. The molecule has 0 aliphatic carbocycles. The van der Waals surface area contributed by atoms with Crippen molar-refractivity contribution in [3.05, 3.63) is 145 Å². The average Bonchev–Trinajstić information content (AvgIpc) is 3.79. The highest BCUT2D eigenvalue weighted by molar-refractivity contribution is 6.36. The minimum atomic E-state index is 0.585. The van der Waals surface area contributed by atoms with Crippen molar-refractivity contribution in [3.63, 3.8) is 0 Å². The van der Waals surface area contributed by atoms with Gasteiger partial charge in [-0.2, -0.15) is 5.26 Å². The number of fused-ring (bicyclic) bond motifs is 13. The first kappa shape index (κ1) is 25.4. The molecule has 5 heteroatoms. The van der Waals surface area contributed by atoms with Crippen LogP contribution >= 0.6 is 0 Å². The molecule has 5 nitrogen and oxygen atoms in total.